The van der Waals surface area contributed by atoms with Crippen molar-refractivity contribution in [1.29, 1.82) is 0 Å². The second-order valence-electron chi connectivity index (χ2n) is 3.88. The van der Waals surface area contributed by atoms with Crippen LogP contribution in [-0.4, -0.2) is 10.8 Å². The first-order valence-corrected chi connectivity index (χ1v) is 4.39. The Hall–Kier alpha value is -1.32. The van der Waals surface area contributed by atoms with Crippen LogP contribution in [0.15, 0.2) is 12.3 Å². The van der Waals surface area contributed by atoms with Gasteiger partial charge in [-0.1, -0.05) is 6.92 Å². The molecule has 0 spiro atoms. The molecule has 74 valence electrons. The van der Waals surface area contributed by atoms with Crippen molar-refractivity contribution in [2.24, 2.45) is 5.41 Å². The smallest absolute Gasteiger partial charge is 0.213 e. The molecule has 2 nitrogen and oxygen atoms in total. The van der Waals surface area contributed by atoms with Gasteiger partial charge in [-0.2, -0.15) is 4.39 Å². The molecule has 14 heavy (non-hydrogen) atoms. The van der Waals surface area contributed by atoms with Crippen LogP contribution in [0.2, 0.25) is 0 Å². The lowest BCUT2D eigenvalue weighted by atomic mass is 9.97. The summed E-state index contributed by atoms with van der Waals surface area (Å²) in [6.45, 7) is 1.76. The van der Waals surface area contributed by atoms with Crippen molar-refractivity contribution in [3.05, 3.63) is 29.6 Å². The van der Waals surface area contributed by atoms with Crippen molar-refractivity contribution in [2.45, 2.75) is 19.8 Å². The summed E-state index contributed by atoms with van der Waals surface area (Å²) >= 11 is 0. The minimum atomic E-state index is -0.820. The molecule has 1 saturated carbocycles. The molecule has 1 aromatic heterocycles. The van der Waals surface area contributed by atoms with Crippen LogP contribution in [0.5, 0.6) is 0 Å². The van der Waals surface area contributed by atoms with Gasteiger partial charge in [0.05, 0.1) is 11.8 Å². The van der Waals surface area contributed by atoms with Crippen LogP contribution in [0, 0.1) is 17.2 Å². The second-order valence-corrected chi connectivity index (χ2v) is 3.88. The largest absolute Gasteiger partial charge is 0.293 e. The van der Waals surface area contributed by atoms with E-state index in [4.69, 9.17) is 0 Å². The molecule has 1 aromatic rings. The number of Topliss-reactive ketones (excluding diaryl/α,β-unsaturated/α-hetero) is 1. The molecule has 2 rings (SSSR count). The average molecular weight is 197 g/mol. The van der Waals surface area contributed by atoms with E-state index in [1.807, 2.05) is 0 Å². The highest BCUT2D eigenvalue weighted by molar-refractivity contribution is 6.02. The Morgan fingerprint density at radius 3 is 2.71 bits per heavy atom. The number of halogens is 2. The molecule has 0 bridgehead atoms. The fourth-order valence-electron chi connectivity index (χ4n) is 1.33. The maximum Gasteiger partial charge on any atom is 0.213 e. The number of hydrogen-bond acceptors (Lipinski definition) is 2. The molecule has 1 heterocycles. The molecule has 0 aliphatic heterocycles. The minimum absolute atomic E-state index is 0.183. The topological polar surface area (TPSA) is 30.0 Å². The van der Waals surface area contributed by atoms with Crippen LogP contribution in [0.3, 0.4) is 0 Å². The van der Waals surface area contributed by atoms with Crippen LogP contribution in [-0.2, 0) is 0 Å². The predicted octanol–water partition coefficient (Wildman–Crippen LogP) is 2.34. The number of ketones is 1. The molecular weight excluding hydrogens is 188 g/mol. The first-order valence-electron chi connectivity index (χ1n) is 4.39. The van der Waals surface area contributed by atoms with E-state index >= 15 is 0 Å². The molecule has 0 radical (unpaired) electrons. The first kappa shape index (κ1) is 9.24. The molecule has 1 aliphatic rings. The van der Waals surface area contributed by atoms with Gasteiger partial charge in [-0.15, -0.1) is 0 Å². The van der Waals surface area contributed by atoms with E-state index < -0.39 is 17.2 Å². The van der Waals surface area contributed by atoms with Crippen molar-refractivity contribution in [3.8, 4) is 0 Å². The van der Waals surface area contributed by atoms with Gasteiger partial charge in [-0.05, 0) is 12.8 Å². The number of hydrogen-bond donors (Lipinski definition) is 0. The van der Waals surface area contributed by atoms with Crippen LogP contribution >= 0.6 is 0 Å². The molecule has 0 saturated heterocycles. The summed E-state index contributed by atoms with van der Waals surface area (Å²) in [5.41, 5.74) is -0.660. The fraction of sp³-hybridized carbons (Fsp3) is 0.400. The third-order valence-corrected chi connectivity index (χ3v) is 2.61. The molecule has 0 atom stereocenters. The summed E-state index contributed by atoms with van der Waals surface area (Å²) in [7, 11) is 0. The summed E-state index contributed by atoms with van der Waals surface area (Å²) in [4.78, 5) is 14.8. The zero-order valence-electron chi connectivity index (χ0n) is 7.68. The normalized spacial score (nSPS) is 17.9. The second kappa shape index (κ2) is 2.83. The predicted molar refractivity (Wildman–Crippen MR) is 45.8 cm³/mol. The molecule has 0 amide bonds. The number of pyridine rings is 1. The van der Waals surface area contributed by atoms with Crippen LogP contribution in [0.1, 0.15) is 30.1 Å². The van der Waals surface area contributed by atoms with Crippen molar-refractivity contribution in [2.75, 3.05) is 0 Å². The van der Waals surface area contributed by atoms with Gasteiger partial charge in [0.15, 0.2) is 11.6 Å². The van der Waals surface area contributed by atoms with Gasteiger partial charge >= 0.3 is 0 Å². The van der Waals surface area contributed by atoms with E-state index in [1.54, 1.807) is 6.92 Å². The van der Waals surface area contributed by atoms with Gasteiger partial charge in [-0.3, -0.25) is 4.79 Å². The van der Waals surface area contributed by atoms with Gasteiger partial charge in [0, 0.05) is 11.5 Å². The average Bonchev–Trinajstić information content (AvgIpc) is 2.88. The van der Waals surface area contributed by atoms with E-state index in [9.17, 15) is 13.6 Å². The van der Waals surface area contributed by atoms with Gasteiger partial charge in [0.1, 0.15) is 0 Å². The van der Waals surface area contributed by atoms with Crippen molar-refractivity contribution < 1.29 is 13.6 Å². The Kier molecular flexibility index (Phi) is 1.87. The highest BCUT2D eigenvalue weighted by atomic mass is 19.1. The number of nitrogens with zero attached hydrogens (tertiary/aromatic N) is 1. The van der Waals surface area contributed by atoms with E-state index in [0.717, 1.165) is 25.1 Å². The SMILES string of the molecule is CC1(C(=O)c2cc(F)ncc2F)CC1. The number of carbonyl (C=O) groups is 1. The summed E-state index contributed by atoms with van der Waals surface area (Å²) in [5.74, 6) is -1.89. The van der Waals surface area contributed by atoms with E-state index in [2.05, 4.69) is 4.98 Å². The lowest BCUT2D eigenvalue weighted by Gasteiger charge is -2.07. The van der Waals surface area contributed by atoms with Crippen LogP contribution in [0.25, 0.3) is 0 Å². The number of aromatic nitrogens is 1. The Balaban J connectivity index is 2.40. The van der Waals surface area contributed by atoms with E-state index in [0.29, 0.717) is 0 Å². The lowest BCUT2D eigenvalue weighted by Crippen LogP contribution is -2.14. The lowest BCUT2D eigenvalue weighted by molar-refractivity contribution is 0.0907. The molecular formula is C10H9F2NO. The van der Waals surface area contributed by atoms with E-state index in [-0.39, 0.29) is 11.3 Å². The molecule has 0 aromatic carbocycles. The molecule has 4 heteroatoms. The van der Waals surface area contributed by atoms with Crippen LogP contribution in [0.4, 0.5) is 8.78 Å². The third kappa shape index (κ3) is 1.41. The standard InChI is InChI=1S/C10H9F2NO/c1-10(2-3-10)9(14)6-4-8(12)13-5-7(6)11/h4-5H,2-3H2,1H3. The zero-order chi connectivity index (χ0) is 10.3. The van der Waals surface area contributed by atoms with Gasteiger partial charge in [0.25, 0.3) is 0 Å². The highest BCUT2D eigenvalue weighted by Crippen LogP contribution is 2.47. The summed E-state index contributed by atoms with van der Waals surface area (Å²) in [5, 5.41) is 0. The summed E-state index contributed by atoms with van der Waals surface area (Å²) in [6, 6.07) is 0.862. The highest BCUT2D eigenvalue weighted by Gasteiger charge is 2.45. The van der Waals surface area contributed by atoms with Crippen molar-refractivity contribution in [1.82, 2.24) is 4.98 Å². The van der Waals surface area contributed by atoms with Crippen molar-refractivity contribution in [3.63, 3.8) is 0 Å². The maximum atomic E-state index is 13.1. The fourth-order valence-corrected chi connectivity index (χ4v) is 1.33. The van der Waals surface area contributed by atoms with Crippen molar-refractivity contribution >= 4 is 5.78 Å². The molecule has 0 N–H and O–H groups in total. The number of rotatable bonds is 2. The Morgan fingerprint density at radius 2 is 2.14 bits per heavy atom. The Bertz CT molecular complexity index is 399. The Morgan fingerprint density at radius 1 is 1.50 bits per heavy atom. The summed E-state index contributed by atoms with van der Waals surface area (Å²) in [6.07, 6.45) is 2.23. The quantitative estimate of drug-likeness (QED) is 0.538. The minimum Gasteiger partial charge on any atom is -0.293 e. The van der Waals surface area contributed by atoms with Crippen LogP contribution < -0.4 is 0 Å². The van der Waals surface area contributed by atoms with Gasteiger partial charge in [0.2, 0.25) is 5.95 Å². The zero-order valence-corrected chi connectivity index (χ0v) is 7.68. The monoisotopic (exact) mass is 197 g/mol. The van der Waals surface area contributed by atoms with Gasteiger partial charge in [-0.25, -0.2) is 9.37 Å². The van der Waals surface area contributed by atoms with Gasteiger partial charge < -0.3 is 0 Å². The number of carbonyl (C=O) groups excluding carboxylic acids is 1. The van der Waals surface area contributed by atoms with E-state index in [1.165, 1.54) is 0 Å². The Labute approximate surface area is 80.0 Å². The molecule has 0 unspecified atom stereocenters. The molecule has 1 aliphatic carbocycles. The summed E-state index contributed by atoms with van der Waals surface area (Å²) < 4.78 is 25.8. The third-order valence-electron chi connectivity index (χ3n) is 2.61. The first-order chi connectivity index (χ1) is 6.53. The maximum absolute atomic E-state index is 13.1. The molecule has 1 fully saturated rings.